The third-order valence-electron chi connectivity index (χ3n) is 3.01. The molecule has 1 aromatic heterocycles. The van der Waals surface area contributed by atoms with Crippen molar-refractivity contribution in [2.24, 2.45) is 0 Å². The molecule has 0 bridgehead atoms. The first-order chi connectivity index (χ1) is 7.72. The average Bonchev–Trinajstić information content (AvgIpc) is 2.78. The molecule has 0 spiro atoms. The van der Waals surface area contributed by atoms with E-state index in [9.17, 15) is 0 Å². The van der Waals surface area contributed by atoms with Gasteiger partial charge in [0.1, 0.15) is 10.0 Å². The Labute approximate surface area is 103 Å². The van der Waals surface area contributed by atoms with Crippen molar-refractivity contribution in [1.82, 2.24) is 15.5 Å². The molecule has 0 aliphatic rings. The Balaban J connectivity index is 2.66. The minimum atomic E-state index is 0.315. The van der Waals surface area contributed by atoms with Crippen LogP contribution in [0.4, 0.5) is 0 Å². The van der Waals surface area contributed by atoms with Gasteiger partial charge in [0.25, 0.3) is 0 Å². The van der Waals surface area contributed by atoms with E-state index >= 15 is 0 Å². The van der Waals surface area contributed by atoms with Crippen LogP contribution in [-0.2, 0) is 0 Å². The van der Waals surface area contributed by atoms with Crippen LogP contribution in [0.15, 0.2) is 0 Å². The fourth-order valence-corrected chi connectivity index (χ4v) is 2.79. The highest BCUT2D eigenvalue weighted by Gasteiger charge is 2.16. The number of hydrogen-bond donors (Lipinski definition) is 1. The van der Waals surface area contributed by atoms with Crippen molar-refractivity contribution in [3.63, 3.8) is 0 Å². The SMILES string of the molecule is CCCCC(CC)c1nnc(C(C)NC)s1. The van der Waals surface area contributed by atoms with Crippen molar-refractivity contribution in [1.29, 1.82) is 0 Å². The molecule has 16 heavy (non-hydrogen) atoms. The first kappa shape index (κ1) is 13.6. The van der Waals surface area contributed by atoms with Crippen LogP contribution < -0.4 is 5.32 Å². The summed E-state index contributed by atoms with van der Waals surface area (Å²) in [7, 11) is 1.96. The van der Waals surface area contributed by atoms with Gasteiger partial charge in [0.05, 0.1) is 6.04 Å². The molecule has 1 aromatic rings. The largest absolute Gasteiger partial charge is 0.311 e. The maximum Gasteiger partial charge on any atom is 0.134 e. The number of aromatic nitrogens is 2. The second-order valence-electron chi connectivity index (χ2n) is 4.24. The summed E-state index contributed by atoms with van der Waals surface area (Å²) < 4.78 is 0. The van der Waals surface area contributed by atoms with Gasteiger partial charge in [0, 0.05) is 5.92 Å². The average molecular weight is 241 g/mol. The van der Waals surface area contributed by atoms with Crippen LogP contribution in [0, 0.1) is 0 Å². The highest BCUT2D eigenvalue weighted by atomic mass is 32.1. The molecule has 0 fully saturated rings. The number of unbranched alkanes of at least 4 members (excludes halogenated alkanes) is 1. The Morgan fingerprint density at radius 1 is 1.25 bits per heavy atom. The monoisotopic (exact) mass is 241 g/mol. The van der Waals surface area contributed by atoms with Crippen LogP contribution in [0.3, 0.4) is 0 Å². The first-order valence-electron chi connectivity index (χ1n) is 6.23. The van der Waals surface area contributed by atoms with E-state index in [1.165, 1.54) is 30.7 Å². The molecule has 3 nitrogen and oxygen atoms in total. The van der Waals surface area contributed by atoms with Gasteiger partial charge in [-0.1, -0.05) is 38.0 Å². The van der Waals surface area contributed by atoms with Gasteiger partial charge in [-0.25, -0.2) is 0 Å². The van der Waals surface area contributed by atoms with Crippen molar-refractivity contribution in [2.45, 2.75) is 58.4 Å². The van der Waals surface area contributed by atoms with Gasteiger partial charge in [0.15, 0.2) is 0 Å². The van der Waals surface area contributed by atoms with Crippen molar-refractivity contribution in [3.05, 3.63) is 10.0 Å². The van der Waals surface area contributed by atoms with Crippen LogP contribution in [0.2, 0.25) is 0 Å². The van der Waals surface area contributed by atoms with E-state index in [1.54, 1.807) is 11.3 Å². The van der Waals surface area contributed by atoms with E-state index in [-0.39, 0.29) is 0 Å². The molecule has 1 rings (SSSR count). The lowest BCUT2D eigenvalue weighted by Gasteiger charge is -2.09. The van der Waals surface area contributed by atoms with E-state index in [2.05, 4.69) is 36.3 Å². The molecule has 0 aromatic carbocycles. The van der Waals surface area contributed by atoms with Crippen molar-refractivity contribution in [2.75, 3.05) is 7.05 Å². The van der Waals surface area contributed by atoms with Crippen LogP contribution >= 0.6 is 11.3 Å². The van der Waals surface area contributed by atoms with E-state index in [0.29, 0.717) is 12.0 Å². The molecular formula is C12H23N3S. The van der Waals surface area contributed by atoms with Crippen LogP contribution in [0.5, 0.6) is 0 Å². The molecule has 0 radical (unpaired) electrons. The van der Waals surface area contributed by atoms with Gasteiger partial charge in [-0.2, -0.15) is 0 Å². The summed E-state index contributed by atoms with van der Waals surface area (Å²) >= 11 is 1.76. The Hall–Kier alpha value is -0.480. The van der Waals surface area contributed by atoms with Crippen LogP contribution in [0.1, 0.15) is 68.4 Å². The summed E-state index contributed by atoms with van der Waals surface area (Å²) in [4.78, 5) is 0. The van der Waals surface area contributed by atoms with Gasteiger partial charge < -0.3 is 5.32 Å². The van der Waals surface area contributed by atoms with Crippen molar-refractivity contribution < 1.29 is 0 Å². The van der Waals surface area contributed by atoms with Gasteiger partial charge in [-0.15, -0.1) is 10.2 Å². The summed E-state index contributed by atoms with van der Waals surface area (Å²) in [6, 6.07) is 0.315. The lowest BCUT2D eigenvalue weighted by Crippen LogP contribution is -2.11. The number of rotatable bonds is 7. The number of hydrogen-bond acceptors (Lipinski definition) is 4. The Bertz CT molecular complexity index is 298. The van der Waals surface area contributed by atoms with Crippen molar-refractivity contribution >= 4 is 11.3 Å². The van der Waals surface area contributed by atoms with E-state index in [0.717, 1.165) is 5.01 Å². The summed E-state index contributed by atoms with van der Waals surface area (Å²) in [5.74, 6) is 0.607. The molecule has 1 N–H and O–H groups in total. The molecule has 92 valence electrons. The molecule has 0 aliphatic carbocycles. The molecule has 0 aliphatic heterocycles. The Morgan fingerprint density at radius 2 is 1.94 bits per heavy atom. The highest BCUT2D eigenvalue weighted by molar-refractivity contribution is 7.11. The predicted octanol–water partition coefficient (Wildman–Crippen LogP) is 3.50. The summed E-state index contributed by atoms with van der Waals surface area (Å²) in [6.45, 7) is 6.60. The third kappa shape index (κ3) is 3.52. The Kier molecular flexibility index (Phi) is 5.91. The topological polar surface area (TPSA) is 37.8 Å². The molecule has 1 heterocycles. The molecule has 2 atom stereocenters. The second-order valence-corrected chi connectivity index (χ2v) is 5.28. The van der Waals surface area contributed by atoms with E-state index in [4.69, 9.17) is 0 Å². The lowest BCUT2D eigenvalue weighted by atomic mass is 10.0. The zero-order chi connectivity index (χ0) is 12.0. The minimum Gasteiger partial charge on any atom is -0.311 e. The molecule has 0 amide bonds. The molecule has 4 heteroatoms. The number of nitrogens with one attached hydrogen (secondary N) is 1. The zero-order valence-electron chi connectivity index (χ0n) is 10.8. The van der Waals surface area contributed by atoms with E-state index < -0.39 is 0 Å². The van der Waals surface area contributed by atoms with Gasteiger partial charge in [-0.3, -0.25) is 0 Å². The summed E-state index contributed by atoms with van der Waals surface area (Å²) in [5.41, 5.74) is 0. The smallest absolute Gasteiger partial charge is 0.134 e. The van der Waals surface area contributed by atoms with Gasteiger partial charge >= 0.3 is 0 Å². The molecule has 0 saturated heterocycles. The highest BCUT2D eigenvalue weighted by Crippen LogP contribution is 2.29. The van der Waals surface area contributed by atoms with Gasteiger partial charge in [-0.05, 0) is 26.8 Å². The molecular weight excluding hydrogens is 218 g/mol. The van der Waals surface area contributed by atoms with E-state index in [1.807, 2.05) is 7.05 Å². The second kappa shape index (κ2) is 6.97. The minimum absolute atomic E-state index is 0.315. The maximum absolute atomic E-state index is 4.34. The standard InChI is InChI=1S/C12H23N3S/c1-5-7-8-10(6-2)12-15-14-11(16-12)9(3)13-4/h9-10,13H,5-8H2,1-4H3. The Morgan fingerprint density at radius 3 is 2.50 bits per heavy atom. The third-order valence-corrected chi connectivity index (χ3v) is 4.28. The van der Waals surface area contributed by atoms with Crippen LogP contribution in [-0.4, -0.2) is 17.2 Å². The normalized spacial score (nSPS) is 15.0. The fraction of sp³-hybridized carbons (Fsp3) is 0.833. The predicted molar refractivity (Wildman–Crippen MR) is 69.9 cm³/mol. The quantitative estimate of drug-likeness (QED) is 0.794. The lowest BCUT2D eigenvalue weighted by molar-refractivity contribution is 0.562. The zero-order valence-corrected chi connectivity index (χ0v) is 11.6. The molecule has 2 unspecified atom stereocenters. The first-order valence-corrected chi connectivity index (χ1v) is 7.05. The summed E-state index contributed by atoms with van der Waals surface area (Å²) in [5, 5.41) is 14.1. The molecule has 0 saturated carbocycles. The maximum atomic E-state index is 4.34. The van der Waals surface area contributed by atoms with Gasteiger partial charge in [0.2, 0.25) is 0 Å². The number of nitrogens with zero attached hydrogens (tertiary/aromatic N) is 2. The van der Waals surface area contributed by atoms with Crippen molar-refractivity contribution in [3.8, 4) is 0 Å². The van der Waals surface area contributed by atoms with Crippen LogP contribution in [0.25, 0.3) is 0 Å². The fourth-order valence-electron chi connectivity index (χ4n) is 1.66. The summed E-state index contributed by atoms with van der Waals surface area (Å²) in [6.07, 6.45) is 4.96.